The first kappa shape index (κ1) is 11.0. The molecule has 0 aliphatic rings. The Hall–Kier alpha value is -1.03. The number of hydrogen-bond donors (Lipinski definition) is 1. The maximum Gasteiger partial charge on any atom is 0.224 e. The summed E-state index contributed by atoms with van der Waals surface area (Å²) >= 11 is 3.38. The molecule has 1 aromatic rings. The van der Waals surface area contributed by atoms with Gasteiger partial charge in [0.2, 0.25) is 5.91 Å². The van der Waals surface area contributed by atoms with Gasteiger partial charge < -0.3 is 10.1 Å². The van der Waals surface area contributed by atoms with Gasteiger partial charge in [0.05, 0.1) is 13.5 Å². The minimum absolute atomic E-state index is 0.0149. The largest absolute Gasteiger partial charge is 0.497 e. The van der Waals surface area contributed by atoms with Crippen LogP contribution < -0.4 is 10.1 Å². The summed E-state index contributed by atoms with van der Waals surface area (Å²) in [6.07, 6.45) is 0.355. The zero-order valence-corrected chi connectivity index (χ0v) is 9.72. The molecule has 76 valence electrons. The second-order valence-electron chi connectivity index (χ2n) is 2.81. The summed E-state index contributed by atoms with van der Waals surface area (Å²) in [5, 5.41) is 2.58. The Morgan fingerprint density at radius 3 is 2.86 bits per heavy atom. The van der Waals surface area contributed by atoms with Gasteiger partial charge in [-0.15, -0.1) is 0 Å². The summed E-state index contributed by atoms with van der Waals surface area (Å²) in [7, 11) is 3.23. The first-order chi connectivity index (χ1) is 6.67. The van der Waals surface area contributed by atoms with E-state index in [9.17, 15) is 4.79 Å². The van der Waals surface area contributed by atoms with Gasteiger partial charge in [-0.2, -0.15) is 0 Å². The van der Waals surface area contributed by atoms with Gasteiger partial charge in [0.15, 0.2) is 0 Å². The fourth-order valence-electron chi connectivity index (χ4n) is 1.07. The second kappa shape index (κ2) is 5.00. The minimum Gasteiger partial charge on any atom is -0.497 e. The fourth-order valence-corrected chi connectivity index (χ4v) is 1.46. The number of rotatable bonds is 3. The summed E-state index contributed by atoms with van der Waals surface area (Å²) in [5.74, 6) is 0.742. The van der Waals surface area contributed by atoms with E-state index in [1.165, 1.54) is 0 Å². The maximum atomic E-state index is 11.2. The van der Waals surface area contributed by atoms with Crippen LogP contribution in [-0.2, 0) is 11.2 Å². The van der Waals surface area contributed by atoms with E-state index in [-0.39, 0.29) is 5.91 Å². The van der Waals surface area contributed by atoms with Gasteiger partial charge in [0.25, 0.3) is 0 Å². The highest BCUT2D eigenvalue weighted by Crippen LogP contribution is 2.22. The van der Waals surface area contributed by atoms with E-state index < -0.39 is 0 Å². The lowest BCUT2D eigenvalue weighted by Crippen LogP contribution is -2.20. The predicted molar refractivity (Wildman–Crippen MR) is 58.5 cm³/mol. The molecule has 0 bridgehead atoms. The normalized spacial score (nSPS) is 9.64. The molecule has 0 saturated carbocycles. The predicted octanol–water partition coefficient (Wildman–Crippen LogP) is 1.75. The fraction of sp³-hybridized carbons (Fsp3) is 0.300. The highest BCUT2D eigenvalue weighted by molar-refractivity contribution is 9.10. The molecular formula is C10H12BrNO2. The molecule has 0 spiro atoms. The third-order valence-electron chi connectivity index (χ3n) is 1.88. The molecule has 0 atom stereocenters. The Bertz CT molecular complexity index is 339. The Balaban J connectivity index is 2.89. The number of carbonyl (C=O) groups is 1. The van der Waals surface area contributed by atoms with Crippen molar-refractivity contribution in [2.45, 2.75) is 6.42 Å². The van der Waals surface area contributed by atoms with Gasteiger partial charge in [-0.3, -0.25) is 4.79 Å². The van der Waals surface area contributed by atoms with Crippen LogP contribution in [0.25, 0.3) is 0 Å². The lowest BCUT2D eigenvalue weighted by Gasteiger charge is -2.06. The first-order valence-electron chi connectivity index (χ1n) is 4.20. The van der Waals surface area contributed by atoms with E-state index in [1.807, 2.05) is 18.2 Å². The third-order valence-corrected chi connectivity index (χ3v) is 2.66. The van der Waals surface area contributed by atoms with Crippen LogP contribution in [0.5, 0.6) is 5.75 Å². The molecule has 1 N–H and O–H groups in total. The Kier molecular flexibility index (Phi) is 3.95. The molecule has 3 nitrogen and oxygen atoms in total. The zero-order chi connectivity index (χ0) is 10.6. The molecule has 0 saturated heterocycles. The van der Waals surface area contributed by atoms with Gasteiger partial charge in [-0.1, -0.05) is 15.9 Å². The highest BCUT2D eigenvalue weighted by atomic mass is 79.9. The Morgan fingerprint density at radius 1 is 1.57 bits per heavy atom. The molecular weight excluding hydrogens is 246 g/mol. The number of ether oxygens (including phenoxy) is 1. The lowest BCUT2D eigenvalue weighted by molar-refractivity contribution is -0.119. The molecule has 0 radical (unpaired) electrons. The minimum atomic E-state index is -0.0149. The van der Waals surface area contributed by atoms with E-state index in [1.54, 1.807) is 14.2 Å². The van der Waals surface area contributed by atoms with Crippen molar-refractivity contribution >= 4 is 21.8 Å². The average Bonchev–Trinajstić information content (AvgIpc) is 2.21. The van der Waals surface area contributed by atoms with Gasteiger partial charge >= 0.3 is 0 Å². The van der Waals surface area contributed by atoms with Crippen LogP contribution in [0.15, 0.2) is 22.7 Å². The van der Waals surface area contributed by atoms with Crippen molar-refractivity contribution < 1.29 is 9.53 Å². The van der Waals surface area contributed by atoms with Crippen LogP contribution >= 0.6 is 15.9 Å². The number of likely N-dealkylation sites (N-methyl/N-ethyl adjacent to an activating group) is 1. The molecule has 1 rings (SSSR count). The van der Waals surface area contributed by atoms with Gasteiger partial charge in [0.1, 0.15) is 5.75 Å². The van der Waals surface area contributed by atoms with E-state index in [4.69, 9.17) is 4.74 Å². The first-order valence-corrected chi connectivity index (χ1v) is 4.99. The summed E-state index contributed by atoms with van der Waals surface area (Å²) < 4.78 is 5.99. The van der Waals surface area contributed by atoms with Crippen LogP contribution in [0.4, 0.5) is 0 Å². The molecule has 1 aromatic carbocycles. The van der Waals surface area contributed by atoms with Crippen LogP contribution in [0, 0.1) is 0 Å². The van der Waals surface area contributed by atoms with E-state index in [0.29, 0.717) is 6.42 Å². The van der Waals surface area contributed by atoms with Crippen molar-refractivity contribution in [1.29, 1.82) is 0 Å². The van der Waals surface area contributed by atoms with E-state index >= 15 is 0 Å². The molecule has 4 heteroatoms. The molecule has 14 heavy (non-hydrogen) atoms. The number of halogens is 1. The van der Waals surface area contributed by atoms with Crippen LogP contribution in [0.3, 0.4) is 0 Å². The maximum absolute atomic E-state index is 11.2. The molecule has 0 heterocycles. The van der Waals surface area contributed by atoms with E-state index in [2.05, 4.69) is 21.2 Å². The highest BCUT2D eigenvalue weighted by Gasteiger charge is 2.06. The van der Waals surface area contributed by atoms with Crippen LogP contribution in [0.2, 0.25) is 0 Å². The van der Waals surface area contributed by atoms with Crippen molar-refractivity contribution in [3.05, 3.63) is 28.2 Å². The Morgan fingerprint density at radius 2 is 2.29 bits per heavy atom. The van der Waals surface area contributed by atoms with Gasteiger partial charge in [-0.05, 0) is 23.8 Å². The van der Waals surface area contributed by atoms with Crippen molar-refractivity contribution in [3.8, 4) is 5.75 Å². The average molecular weight is 258 g/mol. The topological polar surface area (TPSA) is 38.3 Å². The number of nitrogens with one attached hydrogen (secondary N) is 1. The number of carbonyl (C=O) groups excluding carboxylic acids is 1. The van der Waals surface area contributed by atoms with Gasteiger partial charge in [0, 0.05) is 11.5 Å². The number of methoxy groups -OCH3 is 1. The number of benzene rings is 1. The van der Waals surface area contributed by atoms with Crippen LogP contribution in [0.1, 0.15) is 5.56 Å². The lowest BCUT2D eigenvalue weighted by atomic mass is 10.1. The monoisotopic (exact) mass is 257 g/mol. The van der Waals surface area contributed by atoms with Crippen molar-refractivity contribution in [1.82, 2.24) is 5.32 Å². The van der Waals surface area contributed by atoms with Gasteiger partial charge in [-0.25, -0.2) is 0 Å². The molecule has 0 aliphatic heterocycles. The summed E-state index contributed by atoms with van der Waals surface area (Å²) in [5.41, 5.74) is 0.920. The molecule has 0 unspecified atom stereocenters. The second-order valence-corrected chi connectivity index (χ2v) is 3.66. The Labute approximate surface area is 91.6 Å². The summed E-state index contributed by atoms with van der Waals surface area (Å²) in [6, 6.07) is 5.56. The number of amides is 1. The smallest absolute Gasteiger partial charge is 0.224 e. The third kappa shape index (κ3) is 2.73. The van der Waals surface area contributed by atoms with Crippen molar-refractivity contribution in [3.63, 3.8) is 0 Å². The molecule has 0 fully saturated rings. The molecule has 0 aliphatic carbocycles. The summed E-state index contributed by atoms with van der Waals surface area (Å²) in [4.78, 5) is 11.2. The molecule has 1 amide bonds. The van der Waals surface area contributed by atoms with Crippen molar-refractivity contribution in [2.75, 3.05) is 14.2 Å². The van der Waals surface area contributed by atoms with Crippen LogP contribution in [-0.4, -0.2) is 20.1 Å². The SMILES string of the molecule is CNC(=O)Cc1cc(OC)ccc1Br. The summed E-state index contributed by atoms with van der Waals surface area (Å²) in [6.45, 7) is 0. The number of hydrogen-bond acceptors (Lipinski definition) is 2. The van der Waals surface area contributed by atoms with E-state index in [0.717, 1.165) is 15.8 Å². The standard InChI is InChI=1S/C10H12BrNO2/c1-12-10(13)6-7-5-8(14-2)3-4-9(7)11/h3-5H,6H2,1-2H3,(H,12,13). The molecule has 0 aromatic heterocycles. The zero-order valence-electron chi connectivity index (χ0n) is 8.13. The van der Waals surface area contributed by atoms with Crippen molar-refractivity contribution in [2.24, 2.45) is 0 Å². The quantitative estimate of drug-likeness (QED) is 0.896.